The summed E-state index contributed by atoms with van der Waals surface area (Å²) in [5, 5.41) is 6.97. The lowest BCUT2D eigenvalue weighted by atomic mass is 9.87. The summed E-state index contributed by atoms with van der Waals surface area (Å²) >= 11 is 0. The van der Waals surface area contributed by atoms with Gasteiger partial charge in [0.25, 0.3) is 0 Å². The van der Waals surface area contributed by atoms with Crippen molar-refractivity contribution >= 4 is 0 Å². The molecule has 0 fully saturated rings. The molecule has 2 aromatic carbocycles. The van der Waals surface area contributed by atoms with Crippen LogP contribution in [-0.4, -0.2) is 10.2 Å². The average molecular weight is 234 g/mol. The van der Waals surface area contributed by atoms with Crippen molar-refractivity contribution in [2.24, 2.45) is 0 Å². The van der Waals surface area contributed by atoms with Gasteiger partial charge in [0, 0.05) is 17.7 Å². The normalized spacial score (nSPS) is 10.7. The number of nitrogens with one attached hydrogen (secondary N) is 1. The number of benzene rings is 2. The predicted octanol–water partition coefficient (Wildman–Crippen LogP) is 3.59. The molecule has 0 atom stereocenters. The Morgan fingerprint density at radius 1 is 0.722 bits per heavy atom. The van der Waals surface area contributed by atoms with Crippen molar-refractivity contribution in [3.63, 3.8) is 0 Å². The second kappa shape index (κ2) is 4.88. The molecule has 0 amide bonds. The number of rotatable bonds is 3. The van der Waals surface area contributed by atoms with E-state index in [0.29, 0.717) is 0 Å². The Hall–Kier alpha value is -2.35. The van der Waals surface area contributed by atoms with E-state index < -0.39 is 0 Å². The zero-order valence-corrected chi connectivity index (χ0v) is 9.95. The van der Waals surface area contributed by atoms with E-state index in [2.05, 4.69) is 58.7 Å². The Balaban J connectivity index is 2.11. The highest BCUT2D eigenvalue weighted by Crippen LogP contribution is 2.30. The lowest BCUT2D eigenvalue weighted by molar-refractivity contribution is 0.979. The lowest BCUT2D eigenvalue weighted by Crippen LogP contribution is -2.01. The highest BCUT2D eigenvalue weighted by Gasteiger charge is 2.16. The molecule has 18 heavy (non-hydrogen) atoms. The van der Waals surface area contributed by atoms with Crippen LogP contribution in [-0.2, 0) is 0 Å². The molecule has 0 unspecified atom stereocenters. The number of nitrogens with zero attached hydrogens (tertiary/aromatic N) is 1. The highest BCUT2D eigenvalue weighted by molar-refractivity contribution is 5.41. The molecule has 0 aliphatic carbocycles. The van der Waals surface area contributed by atoms with E-state index >= 15 is 0 Å². The SMILES string of the molecule is c1ccc(C(c2ccccc2)c2cn[nH]c2)cc1. The summed E-state index contributed by atoms with van der Waals surface area (Å²) in [6.45, 7) is 0. The largest absolute Gasteiger partial charge is 0.285 e. The molecule has 0 bridgehead atoms. The van der Waals surface area contributed by atoms with E-state index in [-0.39, 0.29) is 5.92 Å². The summed E-state index contributed by atoms with van der Waals surface area (Å²) < 4.78 is 0. The van der Waals surface area contributed by atoms with Gasteiger partial charge in [0.15, 0.2) is 0 Å². The van der Waals surface area contributed by atoms with Crippen molar-refractivity contribution < 1.29 is 0 Å². The summed E-state index contributed by atoms with van der Waals surface area (Å²) in [6.07, 6.45) is 3.86. The molecule has 0 aliphatic heterocycles. The van der Waals surface area contributed by atoms with Gasteiger partial charge in [-0.1, -0.05) is 60.7 Å². The first-order valence-corrected chi connectivity index (χ1v) is 6.04. The maximum absolute atomic E-state index is 4.07. The third kappa shape index (κ3) is 2.05. The molecule has 1 aromatic heterocycles. The van der Waals surface area contributed by atoms with Gasteiger partial charge < -0.3 is 0 Å². The molecule has 2 nitrogen and oxygen atoms in total. The van der Waals surface area contributed by atoms with Crippen LogP contribution < -0.4 is 0 Å². The van der Waals surface area contributed by atoms with Crippen LogP contribution >= 0.6 is 0 Å². The number of aromatic nitrogens is 2. The van der Waals surface area contributed by atoms with E-state index in [1.807, 2.05) is 24.5 Å². The molecule has 0 saturated carbocycles. The second-order valence-corrected chi connectivity index (χ2v) is 4.29. The summed E-state index contributed by atoms with van der Waals surface area (Å²) in [5.41, 5.74) is 3.75. The molecule has 1 N–H and O–H groups in total. The monoisotopic (exact) mass is 234 g/mol. The first-order valence-electron chi connectivity index (χ1n) is 6.04. The lowest BCUT2D eigenvalue weighted by Gasteiger charge is -2.16. The Bertz CT molecular complexity index is 546. The summed E-state index contributed by atoms with van der Waals surface area (Å²) in [6, 6.07) is 21.0. The molecule has 0 aliphatic rings. The smallest absolute Gasteiger partial charge is 0.0528 e. The molecule has 2 heteroatoms. The van der Waals surface area contributed by atoms with Crippen molar-refractivity contribution in [3.05, 3.63) is 89.7 Å². The van der Waals surface area contributed by atoms with E-state index in [9.17, 15) is 0 Å². The minimum Gasteiger partial charge on any atom is -0.285 e. The first kappa shape index (κ1) is 10.8. The maximum Gasteiger partial charge on any atom is 0.0528 e. The zero-order valence-electron chi connectivity index (χ0n) is 9.95. The van der Waals surface area contributed by atoms with Crippen LogP contribution in [0.2, 0.25) is 0 Å². The van der Waals surface area contributed by atoms with Gasteiger partial charge in [0.05, 0.1) is 6.20 Å². The van der Waals surface area contributed by atoms with E-state index in [1.165, 1.54) is 16.7 Å². The third-order valence-corrected chi connectivity index (χ3v) is 3.12. The molecule has 0 spiro atoms. The van der Waals surface area contributed by atoms with Crippen LogP contribution in [0.1, 0.15) is 22.6 Å². The van der Waals surface area contributed by atoms with Crippen LogP contribution in [0.15, 0.2) is 73.1 Å². The second-order valence-electron chi connectivity index (χ2n) is 4.29. The standard InChI is InChI=1S/C16H14N2/c1-3-7-13(8-4-1)16(15-11-17-18-12-15)14-9-5-2-6-10-14/h1-12,16H,(H,17,18). The van der Waals surface area contributed by atoms with E-state index in [0.717, 1.165) is 0 Å². The fourth-order valence-corrected chi connectivity index (χ4v) is 2.29. The Labute approximate surface area is 106 Å². The van der Waals surface area contributed by atoms with Crippen molar-refractivity contribution in [3.8, 4) is 0 Å². The van der Waals surface area contributed by atoms with Crippen LogP contribution in [0, 0.1) is 0 Å². The number of aromatic amines is 1. The topological polar surface area (TPSA) is 28.7 Å². The van der Waals surface area contributed by atoms with Crippen molar-refractivity contribution in [2.75, 3.05) is 0 Å². The minimum absolute atomic E-state index is 0.242. The van der Waals surface area contributed by atoms with Gasteiger partial charge in [-0.25, -0.2) is 0 Å². The molecule has 0 radical (unpaired) electrons. The molecule has 0 saturated heterocycles. The molecule has 1 heterocycles. The fourth-order valence-electron chi connectivity index (χ4n) is 2.29. The molecular weight excluding hydrogens is 220 g/mol. The van der Waals surface area contributed by atoms with Gasteiger partial charge >= 0.3 is 0 Å². The first-order chi connectivity index (χ1) is 8.95. The number of H-pyrrole nitrogens is 1. The van der Waals surface area contributed by atoms with E-state index in [4.69, 9.17) is 0 Å². The van der Waals surface area contributed by atoms with Gasteiger partial charge in [-0.05, 0) is 11.1 Å². The van der Waals surface area contributed by atoms with Crippen LogP contribution in [0.4, 0.5) is 0 Å². The Kier molecular flexibility index (Phi) is 2.92. The summed E-state index contributed by atoms with van der Waals surface area (Å²) in [5.74, 6) is 0.242. The Morgan fingerprint density at radius 3 is 1.72 bits per heavy atom. The molecular formula is C16H14N2. The van der Waals surface area contributed by atoms with E-state index in [1.54, 1.807) is 0 Å². The quantitative estimate of drug-likeness (QED) is 0.737. The van der Waals surface area contributed by atoms with Crippen LogP contribution in [0.25, 0.3) is 0 Å². The highest BCUT2D eigenvalue weighted by atomic mass is 15.1. The minimum atomic E-state index is 0.242. The van der Waals surface area contributed by atoms with Crippen LogP contribution in [0.5, 0.6) is 0 Å². The van der Waals surface area contributed by atoms with Crippen molar-refractivity contribution in [1.82, 2.24) is 10.2 Å². The zero-order chi connectivity index (χ0) is 12.2. The number of hydrogen-bond acceptors (Lipinski definition) is 1. The average Bonchev–Trinajstić information content (AvgIpc) is 2.95. The Morgan fingerprint density at radius 2 is 1.28 bits per heavy atom. The van der Waals surface area contributed by atoms with Gasteiger partial charge in [-0.15, -0.1) is 0 Å². The summed E-state index contributed by atoms with van der Waals surface area (Å²) in [7, 11) is 0. The van der Waals surface area contributed by atoms with Crippen molar-refractivity contribution in [2.45, 2.75) is 5.92 Å². The summed E-state index contributed by atoms with van der Waals surface area (Å²) in [4.78, 5) is 0. The number of hydrogen-bond donors (Lipinski definition) is 1. The van der Waals surface area contributed by atoms with Gasteiger partial charge in [0.1, 0.15) is 0 Å². The van der Waals surface area contributed by atoms with Crippen LogP contribution in [0.3, 0.4) is 0 Å². The van der Waals surface area contributed by atoms with Gasteiger partial charge in [0.2, 0.25) is 0 Å². The fraction of sp³-hybridized carbons (Fsp3) is 0.0625. The van der Waals surface area contributed by atoms with Crippen molar-refractivity contribution in [1.29, 1.82) is 0 Å². The molecule has 3 rings (SSSR count). The molecule has 3 aromatic rings. The molecule has 88 valence electrons. The van der Waals surface area contributed by atoms with Gasteiger partial charge in [-0.3, -0.25) is 5.10 Å². The predicted molar refractivity (Wildman–Crippen MR) is 72.4 cm³/mol. The van der Waals surface area contributed by atoms with Gasteiger partial charge in [-0.2, -0.15) is 5.10 Å². The maximum atomic E-state index is 4.07. The third-order valence-electron chi connectivity index (χ3n) is 3.12.